The molecule has 0 aromatic rings. The topological polar surface area (TPSA) is 41.9 Å². The van der Waals surface area contributed by atoms with Crippen LogP contribution in [0.1, 0.15) is 32.1 Å². The van der Waals surface area contributed by atoms with Crippen LogP contribution in [-0.2, 0) is 9.47 Å². The lowest BCUT2D eigenvalue weighted by Crippen LogP contribution is -2.53. The number of thioether (sulfide) groups is 1. The van der Waals surface area contributed by atoms with Crippen LogP contribution in [0, 0.1) is 0 Å². The average molecular weight is 301 g/mol. The smallest absolute Gasteiger partial charge is 0.0817 e. The van der Waals surface area contributed by atoms with E-state index >= 15 is 0 Å². The summed E-state index contributed by atoms with van der Waals surface area (Å²) in [6.45, 7) is 3.03. The molecule has 3 heterocycles. The summed E-state index contributed by atoms with van der Waals surface area (Å²) in [6.07, 6.45) is 4.95. The van der Waals surface area contributed by atoms with E-state index in [1.165, 1.54) is 12.2 Å². The molecule has 0 saturated carbocycles. The Morgan fingerprint density at radius 2 is 2.05 bits per heavy atom. The number of hydrogen-bond donors (Lipinski definition) is 1. The maximum Gasteiger partial charge on any atom is 0.0817 e. The Kier molecular flexibility index (Phi) is 4.63. The van der Waals surface area contributed by atoms with Crippen molar-refractivity contribution in [2.75, 3.05) is 44.9 Å². The van der Waals surface area contributed by atoms with Crippen molar-refractivity contribution in [2.24, 2.45) is 0 Å². The Hall–Kier alpha value is 0.190. The highest BCUT2D eigenvalue weighted by Crippen LogP contribution is 2.39. The lowest BCUT2D eigenvalue weighted by Gasteiger charge is -2.44. The zero-order chi connectivity index (χ0) is 14.1. The second-order valence-electron chi connectivity index (χ2n) is 6.73. The fourth-order valence-corrected chi connectivity index (χ4v) is 5.12. The minimum Gasteiger partial charge on any atom is -0.388 e. The number of likely N-dealkylation sites (N-methyl/N-ethyl adjacent to an activating group) is 1. The quantitative estimate of drug-likeness (QED) is 0.856. The van der Waals surface area contributed by atoms with Gasteiger partial charge in [0.15, 0.2) is 0 Å². The minimum absolute atomic E-state index is 0.125. The maximum atomic E-state index is 10.7. The molecule has 2 atom stereocenters. The molecule has 1 spiro atoms. The van der Waals surface area contributed by atoms with E-state index in [1.807, 2.05) is 11.8 Å². The molecule has 3 aliphatic rings. The van der Waals surface area contributed by atoms with Gasteiger partial charge in [0.2, 0.25) is 0 Å². The monoisotopic (exact) mass is 301 g/mol. The first-order valence-corrected chi connectivity index (χ1v) is 8.99. The fourth-order valence-electron chi connectivity index (χ4n) is 3.74. The van der Waals surface area contributed by atoms with Crippen LogP contribution < -0.4 is 0 Å². The van der Waals surface area contributed by atoms with Crippen LogP contribution in [-0.4, -0.2) is 72.2 Å². The Balaban J connectivity index is 1.57. The predicted molar refractivity (Wildman–Crippen MR) is 81.3 cm³/mol. The van der Waals surface area contributed by atoms with Crippen LogP contribution in [0.2, 0.25) is 0 Å². The third-order valence-corrected chi connectivity index (χ3v) is 6.35. The van der Waals surface area contributed by atoms with Gasteiger partial charge >= 0.3 is 0 Å². The van der Waals surface area contributed by atoms with Crippen LogP contribution >= 0.6 is 11.8 Å². The molecule has 2 unspecified atom stereocenters. The van der Waals surface area contributed by atoms with Gasteiger partial charge < -0.3 is 19.5 Å². The molecule has 0 aromatic heterocycles. The number of ether oxygens (including phenoxy) is 2. The van der Waals surface area contributed by atoms with Crippen LogP contribution in [0.4, 0.5) is 0 Å². The zero-order valence-electron chi connectivity index (χ0n) is 12.5. The SMILES string of the molecule is CN(CC1(O)CCOCC1)C1CCOC2(CCSC2)C1. The zero-order valence-corrected chi connectivity index (χ0v) is 13.3. The largest absolute Gasteiger partial charge is 0.388 e. The molecular weight excluding hydrogens is 274 g/mol. The Bertz CT molecular complexity index is 327. The van der Waals surface area contributed by atoms with Gasteiger partial charge in [-0.2, -0.15) is 11.8 Å². The third kappa shape index (κ3) is 3.33. The molecule has 20 heavy (non-hydrogen) atoms. The number of rotatable bonds is 3. The highest BCUT2D eigenvalue weighted by Gasteiger charge is 2.42. The van der Waals surface area contributed by atoms with Crippen LogP contribution in [0.25, 0.3) is 0 Å². The minimum atomic E-state index is -0.553. The molecule has 0 bridgehead atoms. The summed E-state index contributed by atoms with van der Waals surface area (Å²) < 4.78 is 11.5. The van der Waals surface area contributed by atoms with Crippen molar-refractivity contribution in [3.63, 3.8) is 0 Å². The van der Waals surface area contributed by atoms with Crippen LogP contribution in [0.3, 0.4) is 0 Å². The van der Waals surface area contributed by atoms with Gasteiger partial charge in [-0.15, -0.1) is 0 Å². The summed E-state index contributed by atoms with van der Waals surface area (Å²) in [5.41, 5.74) is -0.428. The lowest BCUT2D eigenvalue weighted by atomic mass is 9.87. The second-order valence-corrected chi connectivity index (χ2v) is 7.84. The van der Waals surface area contributed by atoms with E-state index in [0.29, 0.717) is 19.3 Å². The van der Waals surface area contributed by atoms with Gasteiger partial charge in [-0.1, -0.05) is 0 Å². The van der Waals surface area contributed by atoms with Gasteiger partial charge in [0, 0.05) is 51.0 Å². The number of hydrogen-bond acceptors (Lipinski definition) is 5. The average Bonchev–Trinajstić information content (AvgIpc) is 2.87. The van der Waals surface area contributed by atoms with Gasteiger partial charge in [0.25, 0.3) is 0 Å². The third-order valence-electron chi connectivity index (χ3n) is 5.12. The van der Waals surface area contributed by atoms with Crippen LogP contribution in [0.5, 0.6) is 0 Å². The Morgan fingerprint density at radius 3 is 2.75 bits per heavy atom. The molecule has 5 heteroatoms. The van der Waals surface area contributed by atoms with Crippen molar-refractivity contribution in [2.45, 2.75) is 49.3 Å². The lowest BCUT2D eigenvalue weighted by molar-refractivity contribution is -0.111. The second kappa shape index (κ2) is 6.13. The van der Waals surface area contributed by atoms with Gasteiger partial charge in [0.1, 0.15) is 0 Å². The highest BCUT2D eigenvalue weighted by atomic mass is 32.2. The Morgan fingerprint density at radius 1 is 1.25 bits per heavy atom. The molecule has 116 valence electrons. The van der Waals surface area contributed by atoms with Crippen molar-refractivity contribution in [1.82, 2.24) is 4.90 Å². The summed E-state index contributed by atoms with van der Waals surface area (Å²) in [7, 11) is 2.17. The van der Waals surface area contributed by atoms with Gasteiger partial charge in [-0.25, -0.2) is 0 Å². The van der Waals surface area contributed by atoms with E-state index in [4.69, 9.17) is 9.47 Å². The molecule has 3 fully saturated rings. The molecule has 3 aliphatic heterocycles. The Labute approximate surface area is 126 Å². The van der Waals surface area contributed by atoms with Crippen molar-refractivity contribution in [3.8, 4) is 0 Å². The summed E-state index contributed by atoms with van der Waals surface area (Å²) in [4.78, 5) is 2.37. The molecule has 0 radical (unpaired) electrons. The molecule has 3 rings (SSSR count). The van der Waals surface area contributed by atoms with E-state index in [2.05, 4.69) is 11.9 Å². The van der Waals surface area contributed by atoms with E-state index in [0.717, 1.165) is 44.6 Å². The summed E-state index contributed by atoms with van der Waals surface area (Å²) in [5, 5.41) is 10.7. The molecule has 0 amide bonds. The predicted octanol–water partition coefficient (Wildman–Crippen LogP) is 1.51. The summed E-state index contributed by atoms with van der Waals surface area (Å²) in [6, 6.07) is 0.550. The fraction of sp³-hybridized carbons (Fsp3) is 1.00. The van der Waals surface area contributed by atoms with Crippen LogP contribution in [0.15, 0.2) is 0 Å². The van der Waals surface area contributed by atoms with E-state index in [9.17, 15) is 5.11 Å². The highest BCUT2D eigenvalue weighted by molar-refractivity contribution is 7.99. The molecule has 0 aliphatic carbocycles. The molecule has 0 aromatic carbocycles. The molecule has 3 saturated heterocycles. The first kappa shape index (κ1) is 15.1. The number of aliphatic hydroxyl groups is 1. The van der Waals surface area contributed by atoms with Crippen molar-refractivity contribution >= 4 is 11.8 Å². The van der Waals surface area contributed by atoms with Gasteiger partial charge in [0.05, 0.1) is 11.2 Å². The first-order chi connectivity index (χ1) is 9.61. The maximum absolute atomic E-state index is 10.7. The number of nitrogens with zero attached hydrogens (tertiary/aromatic N) is 1. The van der Waals surface area contributed by atoms with Crippen molar-refractivity contribution in [3.05, 3.63) is 0 Å². The standard InChI is InChI=1S/C15H27NO3S/c1-16(11-14(17)3-7-18-8-4-14)13-2-6-19-15(10-13)5-9-20-12-15/h13,17H,2-12H2,1H3. The van der Waals surface area contributed by atoms with Crippen molar-refractivity contribution < 1.29 is 14.6 Å². The molecule has 4 nitrogen and oxygen atoms in total. The molecule has 1 N–H and O–H groups in total. The van der Waals surface area contributed by atoms with E-state index in [1.54, 1.807) is 0 Å². The normalized spacial score (nSPS) is 37.6. The molecular formula is C15H27NO3S. The van der Waals surface area contributed by atoms with Gasteiger partial charge in [-0.05, 0) is 32.1 Å². The van der Waals surface area contributed by atoms with E-state index < -0.39 is 5.60 Å². The van der Waals surface area contributed by atoms with Crippen molar-refractivity contribution in [1.29, 1.82) is 0 Å². The first-order valence-electron chi connectivity index (χ1n) is 7.83. The van der Waals surface area contributed by atoms with E-state index in [-0.39, 0.29) is 5.60 Å². The summed E-state index contributed by atoms with van der Waals surface area (Å²) in [5.74, 6) is 2.38. The van der Waals surface area contributed by atoms with Gasteiger partial charge in [-0.3, -0.25) is 0 Å². The summed E-state index contributed by atoms with van der Waals surface area (Å²) >= 11 is 2.02.